The lowest BCUT2D eigenvalue weighted by atomic mass is 9.83. The fourth-order valence-electron chi connectivity index (χ4n) is 4.73. The molecule has 2 bridgehead atoms. The van der Waals surface area contributed by atoms with E-state index in [2.05, 4.69) is 36.4 Å². The van der Waals surface area contributed by atoms with Crippen LogP contribution < -0.4 is 26.4 Å². The van der Waals surface area contributed by atoms with E-state index in [1.54, 1.807) is 0 Å². The van der Waals surface area contributed by atoms with Crippen molar-refractivity contribution in [1.82, 2.24) is 26.1 Å². The van der Waals surface area contributed by atoms with Crippen LogP contribution in [0.4, 0.5) is 16.2 Å². The molecule has 3 saturated heterocycles. The minimum atomic E-state index is -0.356. The van der Waals surface area contributed by atoms with E-state index in [-0.39, 0.29) is 11.9 Å². The Bertz CT molecular complexity index is 626. The molecule has 1 saturated carbocycles. The standard InChI is InChI=1S/C16H24FN7/c17-13-7-19-16(24-8-11-4-12(24)6-18-11)22-15(13)21-10-1-2-14-9(3-10)5-20-23-14/h7,9-12,14,18,20,23H,1-6,8H2,(H,19,21,22). The Balaban J connectivity index is 1.31. The Hall–Kier alpha value is -1.51. The average Bonchev–Trinajstić information content (AvgIpc) is 3.32. The van der Waals surface area contributed by atoms with E-state index in [1.807, 2.05) is 0 Å². The number of aromatic nitrogens is 2. The van der Waals surface area contributed by atoms with Crippen molar-refractivity contribution < 1.29 is 4.39 Å². The van der Waals surface area contributed by atoms with Gasteiger partial charge in [-0.05, 0) is 31.6 Å². The van der Waals surface area contributed by atoms with E-state index in [0.29, 0.717) is 35.8 Å². The fraction of sp³-hybridized carbons (Fsp3) is 0.750. The van der Waals surface area contributed by atoms with Crippen molar-refractivity contribution in [3.8, 4) is 0 Å². The van der Waals surface area contributed by atoms with Gasteiger partial charge in [0.25, 0.3) is 0 Å². The molecule has 1 aromatic rings. The predicted octanol–water partition coefficient (Wildman–Crippen LogP) is 0.223. The second kappa shape index (κ2) is 5.79. The number of halogens is 1. The normalized spacial score (nSPS) is 37.7. The molecule has 8 heteroatoms. The molecular weight excluding hydrogens is 309 g/mol. The Morgan fingerprint density at radius 1 is 1.25 bits per heavy atom. The minimum Gasteiger partial charge on any atom is -0.365 e. The van der Waals surface area contributed by atoms with Gasteiger partial charge in [-0.3, -0.25) is 10.9 Å². The van der Waals surface area contributed by atoms with Gasteiger partial charge in [-0.15, -0.1) is 0 Å². The van der Waals surface area contributed by atoms with Gasteiger partial charge in [0.2, 0.25) is 5.95 Å². The molecular formula is C16H24FN7. The zero-order chi connectivity index (χ0) is 16.1. The van der Waals surface area contributed by atoms with Crippen LogP contribution in [0.1, 0.15) is 25.7 Å². The van der Waals surface area contributed by atoms with Crippen LogP contribution in [0.3, 0.4) is 0 Å². The molecule has 5 unspecified atom stereocenters. The molecule has 130 valence electrons. The lowest BCUT2D eigenvalue weighted by Gasteiger charge is -2.32. The molecule has 4 N–H and O–H groups in total. The molecule has 4 heterocycles. The second-order valence-corrected chi connectivity index (χ2v) is 7.56. The van der Waals surface area contributed by atoms with E-state index in [4.69, 9.17) is 0 Å². The number of piperazine rings is 1. The summed E-state index contributed by atoms with van der Waals surface area (Å²) in [6.07, 6.45) is 5.63. The summed E-state index contributed by atoms with van der Waals surface area (Å²) in [7, 11) is 0. The molecule has 4 aliphatic rings. The first-order valence-electron chi connectivity index (χ1n) is 9.04. The highest BCUT2D eigenvalue weighted by Crippen LogP contribution is 2.31. The SMILES string of the molecule is Fc1cnc(N2CC3CC2CN3)nc1NC1CCC2NNCC2C1. The molecule has 7 nitrogen and oxygen atoms in total. The van der Waals surface area contributed by atoms with E-state index < -0.39 is 0 Å². The Kier molecular flexibility index (Phi) is 3.57. The van der Waals surface area contributed by atoms with Gasteiger partial charge in [-0.2, -0.15) is 4.98 Å². The van der Waals surface area contributed by atoms with Crippen LogP contribution in [0.2, 0.25) is 0 Å². The zero-order valence-electron chi connectivity index (χ0n) is 13.6. The second-order valence-electron chi connectivity index (χ2n) is 7.56. The quantitative estimate of drug-likeness (QED) is 0.630. The summed E-state index contributed by atoms with van der Waals surface area (Å²) >= 11 is 0. The third kappa shape index (κ3) is 2.53. The smallest absolute Gasteiger partial charge is 0.227 e. The lowest BCUT2D eigenvalue weighted by molar-refractivity contribution is 0.313. The number of hydrazine groups is 1. The summed E-state index contributed by atoms with van der Waals surface area (Å²) in [5, 5.41) is 6.82. The van der Waals surface area contributed by atoms with Crippen molar-refractivity contribution in [3.05, 3.63) is 12.0 Å². The first kappa shape index (κ1) is 14.8. The van der Waals surface area contributed by atoms with E-state index in [9.17, 15) is 4.39 Å². The summed E-state index contributed by atoms with van der Waals surface area (Å²) in [6, 6.07) is 1.81. The maximum absolute atomic E-state index is 14.2. The molecule has 5 atom stereocenters. The first-order valence-corrected chi connectivity index (χ1v) is 9.04. The Morgan fingerprint density at radius 3 is 3.04 bits per heavy atom. The van der Waals surface area contributed by atoms with Crippen molar-refractivity contribution in [3.63, 3.8) is 0 Å². The zero-order valence-corrected chi connectivity index (χ0v) is 13.6. The van der Waals surface area contributed by atoms with Crippen molar-refractivity contribution in [1.29, 1.82) is 0 Å². The minimum absolute atomic E-state index is 0.280. The number of hydrogen-bond donors (Lipinski definition) is 4. The molecule has 24 heavy (non-hydrogen) atoms. The van der Waals surface area contributed by atoms with Gasteiger partial charge in [0, 0.05) is 43.8 Å². The van der Waals surface area contributed by atoms with Crippen LogP contribution in [0.5, 0.6) is 0 Å². The highest BCUT2D eigenvalue weighted by atomic mass is 19.1. The first-order chi connectivity index (χ1) is 11.8. The number of nitrogens with zero attached hydrogens (tertiary/aromatic N) is 3. The summed E-state index contributed by atoms with van der Waals surface area (Å²) in [5.41, 5.74) is 6.56. The average molecular weight is 333 g/mol. The van der Waals surface area contributed by atoms with E-state index >= 15 is 0 Å². The molecule has 0 amide bonds. The fourth-order valence-corrected chi connectivity index (χ4v) is 4.73. The summed E-state index contributed by atoms with van der Waals surface area (Å²) < 4.78 is 14.2. The molecule has 1 aromatic heterocycles. The van der Waals surface area contributed by atoms with E-state index in [0.717, 1.165) is 45.3 Å². The monoisotopic (exact) mass is 333 g/mol. The summed E-state index contributed by atoms with van der Waals surface area (Å²) in [4.78, 5) is 11.0. The number of nitrogens with one attached hydrogen (secondary N) is 4. The topological polar surface area (TPSA) is 77.1 Å². The van der Waals surface area contributed by atoms with Gasteiger partial charge >= 0.3 is 0 Å². The van der Waals surface area contributed by atoms with Crippen molar-refractivity contribution >= 4 is 11.8 Å². The van der Waals surface area contributed by atoms with Crippen LogP contribution in [-0.4, -0.2) is 53.8 Å². The maximum Gasteiger partial charge on any atom is 0.227 e. The summed E-state index contributed by atoms with van der Waals surface area (Å²) in [5.74, 6) is 1.27. The van der Waals surface area contributed by atoms with Crippen molar-refractivity contribution in [2.75, 3.05) is 29.9 Å². The van der Waals surface area contributed by atoms with Crippen molar-refractivity contribution in [2.45, 2.75) is 49.9 Å². The van der Waals surface area contributed by atoms with Gasteiger partial charge in [-0.25, -0.2) is 9.37 Å². The number of anilines is 2. The van der Waals surface area contributed by atoms with Crippen LogP contribution in [0.25, 0.3) is 0 Å². The third-order valence-electron chi connectivity index (χ3n) is 6.02. The van der Waals surface area contributed by atoms with Crippen molar-refractivity contribution in [2.24, 2.45) is 5.92 Å². The van der Waals surface area contributed by atoms with Gasteiger partial charge in [0.15, 0.2) is 11.6 Å². The molecule has 1 aliphatic carbocycles. The number of rotatable bonds is 3. The van der Waals surface area contributed by atoms with Crippen LogP contribution in [-0.2, 0) is 0 Å². The predicted molar refractivity (Wildman–Crippen MR) is 89.2 cm³/mol. The highest BCUT2D eigenvalue weighted by Gasteiger charge is 2.39. The molecule has 5 rings (SSSR count). The molecule has 0 aromatic carbocycles. The van der Waals surface area contributed by atoms with Gasteiger partial charge in [0.05, 0.1) is 6.20 Å². The Morgan fingerprint density at radius 2 is 2.21 bits per heavy atom. The lowest BCUT2D eigenvalue weighted by Crippen LogP contribution is -2.44. The molecule has 0 spiro atoms. The maximum atomic E-state index is 14.2. The molecule has 0 radical (unpaired) electrons. The van der Waals surface area contributed by atoms with Crippen LogP contribution in [0.15, 0.2) is 6.20 Å². The largest absolute Gasteiger partial charge is 0.365 e. The Labute approximate surface area is 140 Å². The summed E-state index contributed by atoms with van der Waals surface area (Å²) in [6.45, 7) is 2.88. The van der Waals surface area contributed by atoms with Gasteiger partial charge in [0.1, 0.15) is 0 Å². The van der Waals surface area contributed by atoms with E-state index in [1.165, 1.54) is 6.20 Å². The van der Waals surface area contributed by atoms with Crippen LogP contribution >= 0.6 is 0 Å². The number of fused-ring (bicyclic) bond motifs is 3. The third-order valence-corrected chi connectivity index (χ3v) is 6.02. The molecule has 3 aliphatic heterocycles. The molecule has 4 fully saturated rings. The van der Waals surface area contributed by atoms with Gasteiger partial charge < -0.3 is 15.5 Å². The number of hydrogen-bond acceptors (Lipinski definition) is 7. The highest BCUT2D eigenvalue weighted by molar-refractivity contribution is 5.45. The van der Waals surface area contributed by atoms with Crippen LogP contribution in [0, 0.1) is 11.7 Å². The van der Waals surface area contributed by atoms with Gasteiger partial charge in [-0.1, -0.05) is 0 Å².